The van der Waals surface area contributed by atoms with E-state index in [0.717, 1.165) is 30.2 Å². The molecule has 2 heterocycles. The SMILES string of the molecule is c1ccc(-c2ccc(OCCN3CCCC3)cc2)nc1. The predicted octanol–water partition coefficient (Wildman–Crippen LogP) is 3.22. The molecule has 3 heteroatoms. The molecule has 0 aliphatic carbocycles. The van der Waals surface area contributed by atoms with Gasteiger partial charge >= 0.3 is 0 Å². The molecule has 104 valence electrons. The second-order valence-electron chi connectivity index (χ2n) is 5.14. The van der Waals surface area contributed by atoms with Crippen LogP contribution < -0.4 is 4.74 Å². The summed E-state index contributed by atoms with van der Waals surface area (Å²) in [5.74, 6) is 0.934. The van der Waals surface area contributed by atoms with Gasteiger partial charge in [0.2, 0.25) is 0 Å². The van der Waals surface area contributed by atoms with Gasteiger partial charge in [-0.05, 0) is 62.3 Å². The molecule has 0 N–H and O–H groups in total. The van der Waals surface area contributed by atoms with E-state index in [1.54, 1.807) is 0 Å². The van der Waals surface area contributed by atoms with E-state index in [9.17, 15) is 0 Å². The van der Waals surface area contributed by atoms with Crippen LogP contribution in [0.15, 0.2) is 48.7 Å². The van der Waals surface area contributed by atoms with E-state index in [1.807, 2.05) is 36.5 Å². The third-order valence-corrected chi connectivity index (χ3v) is 3.69. The first kappa shape index (κ1) is 13.1. The third kappa shape index (κ3) is 3.36. The van der Waals surface area contributed by atoms with Crippen LogP contribution in [0.25, 0.3) is 11.3 Å². The van der Waals surface area contributed by atoms with E-state index in [2.05, 4.69) is 22.0 Å². The van der Waals surface area contributed by atoms with E-state index in [1.165, 1.54) is 25.9 Å². The Morgan fingerprint density at radius 3 is 2.50 bits per heavy atom. The topological polar surface area (TPSA) is 25.4 Å². The van der Waals surface area contributed by atoms with Gasteiger partial charge in [-0.25, -0.2) is 0 Å². The second kappa shape index (κ2) is 6.53. The van der Waals surface area contributed by atoms with Crippen LogP contribution in [0.5, 0.6) is 5.75 Å². The number of aromatic nitrogens is 1. The van der Waals surface area contributed by atoms with Crippen LogP contribution in [-0.4, -0.2) is 36.1 Å². The number of nitrogens with zero attached hydrogens (tertiary/aromatic N) is 2. The molecule has 1 aromatic heterocycles. The Hall–Kier alpha value is -1.87. The van der Waals surface area contributed by atoms with Crippen LogP contribution in [0.3, 0.4) is 0 Å². The second-order valence-corrected chi connectivity index (χ2v) is 5.14. The maximum absolute atomic E-state index is 5.80. The quantitative estimate of drug-likeness (QED) is 0.832. The van der Waals surface area contributed by atoms with Crippen LogP contribution in [0, 0.1) is 0 Å². The lowest BCUT2D eigenvalue weighted by Crippen LogP contribution is -2.25. The largest absolute Gasteiger partial charge is 0.492 e. The van der Waals surface area contributed by atoms with E-state index >= 15 is 0 Å². The number of likely N-dealkylation sites (tertiary alicyclic amines) is 1. The van der Waals surface area contributed by atoms with Crippen LogP contribution in [0.2, 0.25) is 0 Å². The fraction of sp³-hybridized carbons (Fsp3) is 0.353. The van der Waals surface area contributed by atoms with Crippen molar-refractivity contribution in [3.63, 3.8) is 0 Å². The summed E-state index contributed by atoms with van der Waals surface area (Å²) in [6, 6.07) is 14.1. The van der Waals surface area contributed by atoms with Crippen molar-refractivity contribution in [1.82, 2.24) is 9.88 Å². The van der Waals surface area contributed by atoms with Gasteiger partial charge in [0.15, 0.2) is 0 Å². The number of hydrogen-bond acceptors (Lipinski definition) is 3. The zero-order valence-electron chi connectivity index (χ0n) is 11.7. The zero-order valence-corrected chi connectivity index (χ0v) is 11.7. The summed E-state index contributed by atoms with van der Waals surface area (Å²) in [4.78, 5) is 6.81. The lowest BCUT2D eigenvalue weighted by Gasteiger charge is -2.15. The Morgan fingerprint density at radius 1 is 1.00 bits per heavy atom. The van der Waals surface area contributed by atoms with E-state index < -0.39 is 0 Å². The Bertz CT molecular complexity index is 518. The van der Waals surface area contributed by atoms with Crippen molar-refractivity contribution in [2.75, 3.05) is 26.2 Å². The number of rotatable bonds is 5. The summed E-state index contributed by atoms with van der Waals surface area (Å²) >= 11 is 0. The Labute approximate surface area is 120 Å². The monoisotopic (exact) mass is 268 g/mol. The smallest absolute Gasteiger partial charge is 0.119 e. The minimum Gasteiger partial charge on any atom is -0.492 e. The zero-order chi connectivity index (χ0) is 13.6. The fourth-order valence-corrected chi connectivity index (χ4v) is 2.55. The molecule has 3 rings (SSSR count). The van der Waals surface area contributed by atoms with Gasteiger partial charge in [-0.1, -0.05) is 6.07 Å². The van der Waals surface area contributed by atoms with Crippen molar-refractivity contribution in [3.05, 3.63) is 48.7 Å². The van der Waals surface area contributed by atoms with Gasteiger partial charge in [0.1, 0.15) is 12.4 Å². The van der Waals surface area contributed by atoms with Gasteiger partial charge in [-0.3, -0.25) is 9.88 Å². The van der Waals surface area contributed by atoms with Crippen LogP contribution >= 0.6 is 0 Å². The lowest BCUT2D eigenvalue weighted by molar-refractivity contribution is 0.238. The first-order valence-electron chi connectivity index (χ1n) is 7.28. The highest BCUT2D eigenvalue weighted by molar-refractivity contribution is 5.59. The predicted molar refractivity (Wildman–Crippen MR) is 80.8 cm³/mol. The molecule has 0 spiro atoms. The van der Waals surface area contributed by atoms with Gasteiger partial charge in [0.05, 0.1) is 5.69 Å². The number of hydrogen-bond donors (Lipinski definition) is 0. The molecular weight excluding hydrogens is 248 g/mol. The van der Waals surface area contributed by atoms with Gasteiger partial charge < -0.3 is 4.74 Å². The molecule has 3 nitrogen and oxygen atoms in total. The number of pyridine rings is 1. The van der Waals surface area contributed by atoms with E-state index in [0.29, 0.717) is 0 Å². The molecule has 2 aromatic rings. The van der Waals surface area contributed by atoms with Crippen molar-refractivity contribution >= 4 is 0 Å². The standard InChI is InChI=1S/C17H20N2O/c1-2-10-18-17(5-1)15-6-8-16(9-7-15)20-14-13-19-11-3-4-12-19/h1-2,5-10H,3-4,11-14H2. The first-order valence-corrected chi connectivity index (χ1v) is 7.28. The minimum atomic E-state index is 0.767. The third-order valence-electron chi connectivity index (χ3n) is 3.69. The summed E-state index contributed by atoms with van der Waals surface area (Å²) in [5, 5.41) is 0. The normalized spacial score (nSPS) is 15.4. The highest BCUT2D eigenvalue weighted by atomic mass is 16.5. The maximum atomic E-state index is 5.80. The van der Waals surface area contributed by atoms with Crippen molar-refractivity contribution in [3.8, 4) is 17.0 Å². The molecule has 0 unspecified atom stereocenters. The van der Waals surface area contributed by atoms with Crippen molar-refractivity contribution in [2.24, 2.45) is 0 Å². The number of benzene rings is 1. The van der Waals surface area contributed by atoms with Gasteiger partial charge in [0.25, 0.3) is 0 Å². The highest BCUT2D eigenvalue weighted by Crippen LogP contribution is 2.20. The molecule has 1 fully saturated rings. The maximum Gasteiger partial charge on any atom is 0.119 e. The number of ether oxygens (including phenoxy) is 1. The molecule has 0 atom stereocenters. The van der Waals surface area contributed by atoms with Crippen molar-refractivity contribution < 1.29 is 4.74 Å². The molecule has 1 aliphatic rings. The molecule has 1 aromatic carbocycles. The molecule has 0 radical (unpaired) electrons. The Morgan fingerprint density at radius 2 is 1.80 bits per heavy atom. The first-order chi connectivity index (χ1) is 9.92. The fourth-order valence-electron chi connectivity index (χ4n) is 2.55. The Balaban J connectivity index is 1.53. The lowest BCUT2D eigenvalue weighted by atomic mass is 10.1. The average Bonchev–Trinajstić information content (AvgIpc) is 3.02. The van der Waals surface area contributed by atoms with Gasteiger partial charge in [-0.2, -0.15) is 0 Å². The summed E-state index contributed by atoms with van der Waals surface area (Å²) in [6.45, 7) is 4.24. The highest BCUT2D eigenvalue weighted by Gasteiger charge is 2.10. The summed E-state index contributed by atoms with van der Waals surface area (Å²) in [7, 11) is 0. The minimum absolute atomic E-state index is 0.767. The molecule has 1 aliphatic heterocycles. The summed E-state index contributed by atoms with van der Waals surface area (Å²) in [6.07, 6.45) is 4.48. The van der Waals surface area contributed by atoms with Crippen LogP contribution in [0.4, 0.5) is 0 Å². The van der Waals surface area contributed by atoms with Crippen LogP contribution in [-0.2, 0) is 0 Å². The molecule has 0 saturated carbocycles. The van der Waals surface area contributed by atoms with Crippen molar-refractivity contribution in [1.29, 1.82) is 0 Å². The van der Waals surface area contributed by atoms with E-state index in [-0.39, 0.29) is 0 Å². The molecular formula is C17H20N2O. The molecule has 0 amide bonds. The van der Waals surface area contributed by atoms with Crippen LogP contribution in [0.1, 0.15) is 12.8 Å². The van der Waals surface area contributed by atoms with E-state index in [4.69, 9.17) is 4.74 Å². The summed E-state index contributed by atoms with van der Waals surface area (Å²) < 4.78 is 5.80. The molecule has 1 saturated heterocycles. The molecule has 20 heavy (non-hydrogen) atoms. The Kier molecular flexibility index (Phi) is 4.28. The summed E-state index contributed by atoms with van der Waals surface area (Å²) in [5.41, 5.74) is 2.12. The van der Waals surface area contributed by atoms with Gasteiger partial charge in [-0.15, -0.1) is 0 Å². The van der Waals surface area contributed by atoms with Crippen molar-refractivity contribution in [2.45, 2.75) is 12.8 Å². The average molecular weight is 268 g/mol. The van der Waals surface area contributed by atoms with Gasteiger partial charge in [0, 0.05) is 18.3 Å². The molecule has 0 bridgehead atoms.